The summed E-state index contributed by atoms with van der Waals surface area (Å²) >= 11 is 0. The highest BCUT2D eigenvalue weighted by Crippen LogP contribution is 2.51. The van der Waals surface area contributed by atoms with Gasteiger partial charge in [0.25, 0.3) is 0 Å². The van der Waals surface area contributed by atoms with Crippen LogP contribution in [0.15, 0.2) is 23.3 Å². The fraction of sp³-hybridized carbons (Fsp3) is 0.696. The molecule has 5 heteroatoms. The Bertz CT molecular complexity index is 715. The molecule has 1 saturated heterocycles. The molecule has 0 aromatic carbocycles. The van der Waals surface area contributed by atoms with Crippen LogP contribution in [0.2, 0.25) is 0 Å². The summed E-state index contributed by atoms with van der Waals surface area (Å²) in [5, 5.41) is 14.3. The third-order valence-electron chi connectivity index (χ3n) is 5.75. The Morgan fingerprint density at radius 1 is 1.32 bits per heavy atom. The minimum Gasteiger partial charge on any atom is -0.373 e. The van der Waals surface area contributed by atoms with Crippen molar-refractivity contribution in [1.29, 1.82) is 0 Å². The monoisotopic (exact) mass is 389 g/mol. The summed E-state index contributed by atoms with van der Waals surface area (Å²) in [6, 6.07) is 0. The number of amides is 1. The number of ether oxygens (including phenoxy) is 2. The fourth-order valence-corrected chi connectivity index (χ4v) is 3.89. The maximum absolute atomic E-state index is 12.0. The Kier molecular flexibility index (Phi) is 6.81. The second kappa shape index (κ2) is 8.41. The van der Waals surface area contributed by atoms with Gasteiger partial charge in [-0.3, -0.25) is 4.79 Å². The van der Waals surface area contributed by atoms with Crippen molar-refractivity contribution in [2.75, 3.05) is 6.54 Å². The minimum atomic E-state index is -1.33. The van der Waals surface area contributed by atoms with Gasteiger partial charge in [0.05, 0.1) is 12.2 Å². The van der Waals surface area contributed by atoms with E-state index in [1.165, 1.54) is 6.08 Å². The zero-order chi connectivity index (χ0) is 21.2. The van der Waals surface area contributed by atoms with Crippen molar-refractivity contribution < 1.29 is 19.4 Å². The van der Waals surface area contributed by atoms with Gasteiger partial charge in [-0.25, -0.2) is 0 Å². The van der Waals surface area contributed by atoms with E-state index < -0.39 is 16.8 Å². The Balaban J connectivity index is 2.33. The van der Waals surface area contributed by atoms with Crippen LogP contribution in [0.5, 0.6) is 0 Å². The van der Waals surface area contributed by atoms with E-state index in [0.717, 1.165) is 6.42 Å². The van der Waals surface area contributed by atoms with Crippen LogP contribution in [0.1, 0.15) is 67.7 Å². The van der Waals surface area contributed by atoms with Crippen LogP contribution in [0.4, 0.5) is 0 Å². The summed E-state index contributed by atoms with van der Waals surface area (Å²) < 4.78 is 12.2. The van der Waals surface area contributed by atoms with Gasteiger partial charge in [0, 0.05) is 30.0 Å². The minimum absolute atomic E-state index is 0.00612. The normalized spacial score (nSPS) is 34.6. The molecule has 1 heterocycles. The number of carbonyl (C=O) groups excluding carboxylic acids is 1. The molecule has 1 amide bonds. The van der Waals surface area contributed by atoms with Gasteiger partial charge in [0.1, 0.15) is 0 Å². The molecule has 3 unspecified atom stereocenters. The Morgan fingerprint density at radius 2 is 1.93 bits per heavy atom. The standard InChI is InChI=1S/C23H35NO4/c1-8-12-24-20(25)13-19(9-2)10-11-23(26)16(3)14-22(15-21(23,6)7)27-17(4)18(5)28-22/h13-14,17-18,26H,8-9,12,15H2,1-7H3,(H,24,25). The number of carbonyl (C=O) groups is 1. The fourth-order valence-electron chi connectivity index (χ4n) is 3.89. The van der Waals surface area contributed by atoms with E-state index in [2.05, 4.69) is 17.2 Å². The highest BCUT2D eigenvalue weighted by atomic mass is 16.8. The SMILES string of the molecule is CCCNC(=O)C=C(C#CC1(O)C(C)=CC2(CC1(C)C)OC(C)C(C)O2)CC. The number of hydrogen-bond donors (Lipinski definition) is 2. The summed E-state index contributed by atoms with van der Waals surface area (Å²) in [6.07, 6.45) is 5.39. The molecule has 156 valence electrons. The quantitative estimate of drug-likeness (QED) is 0.439. The molecule has 1 spiro atoms. The molecule has 0 bridgehead atoms. The van der Waals surface area contributed by atoms with Gasteiger partial charge in [0.2, 0.25) is 5.91 Å². The maximum Gasteiger partial charge on any atom is 0.244 e. The van der Waals surface area contributed by atoms with E-state index in [0.29, 0.717) is 30.5 Å². The van der Waals surface area contributed by atoms with Gasteiger partial charge in [0.15, 0.2) is 11.4 Å². The lowest BCUT2D eigenvalue weighted by Crippen LogP contribution is -2.53. The van der Waals surface area contributed by atoms with E-state index in [-0.39, 0.29) is 18.1 Å². The molecule has 2 aliphatic rings. The van der Waals surface area contributed by atoms with E-state index in [4.69, 9.17) is 9.47 Å². The van der Waals surface area contributed by atoms with Crippen molar-refractivity contribution >= 4 is 5.91 Å². The third-order valence-corrected chi connectivity index (χ3v) is 5.75. The largest absolute Gasteiger partial charge is 0.373 e. The van der Waals surface area contributed by atoms with E-state index >= 15 is 0 Å². The van der Waals surface area contributed by atoms with Crippen LogP contribution in [-0.4, -0.2) is 41.2 Å². The summed E-state index contributed by atoms with van der Waals surface area (Å²) in [4.78, 5) is 12.0. The molecular formula is C23H35NO4. The van der Waals surface area contributed by atoms with Gasteiger partial charge in [-0.05, 0) is 45.3 Å². The van der Waals surface area contributed by atoms with Crippen molar-refractivity contribution in [2.45, 2.75) is 91.3 Å². The molecule has 1 aliphatic heterocycles. The highest BCUT2D eigenvalue weighted by Gasteiger charge is 2.56. The molecule has 5 nitrogen and oxygen atoms in total. The zero-order valence-corrected chi connectivity index (χ0v) is 18.3. The molecule has 2 rings (SSSR count). The maximum atomic E-state index is 12.0. The van der Waals surface area contributed by atoms with Crippen molar-refractivity contribution in [1.82, 2.24) is 5.32 Å². The number of allylic oxidation sites excluding steroid dienone is 1. The number of aliphatic hydroxyl groups is 1. The van der Waals surface area contributed by atoms with E-state index in [1.807, 2.05) is 54.5 Å². The van der Waals surface area contributed by atoms with Crippen molar-refractivity contribution in [3.63, 3.8) is 0 Å². The van der Waals surface area contributed by atoms with Gasteiger partial charge in [-0.15, -0.1) is 0 Å². The lowest BCUT2D eigenvalue weighted by Gasteiger charge is -2.48. The van der Waals surface area contributed by atoms with Crippen LogP contribution < -0.4 is 5.32 Å². The lowest BCUT2D eigenvalue weighted by atomic mass is 9.63. The average Bonchev–Trinajstić information content (AvgIpc) is 2.87. The second-order valence-corrected chi connectivity index (χ2v) is 8.62. The zero-order valence-electron chi connectivity index (χ0n) is 18.3. The van der Waals surface area contributed by atoms with E-state index in [9.17, 15) is 9.90 Å². The summed E-state index contributed by atoms with van der Waals surface area (Å²) in [6.45, 7) is 14.4. The first-order chi connectivity index (χ1) is 13.0. The smallest absolute Gasteiger partial charge is 0.244 e. The first-order valence-corrected chi connectivity index (χ1v) is 10.3. The molecule has 3 atom stereocenters. The van der Waals surface area contributed by atoms with Crippen molar-refractivity contribution in [3.05, 3.63) is 23.3 Å². The molecule has 0 aromatic heterocycles. The Hall–Kier alpha value is -1.61. The first-order valence-electron chi connectivity index (χ1n) is 10.3. The Morgan fingerprint density at radius 3 is 2.43 bits per heavy atom. The predicted octanol–water partition coefficient (Wildman–Crippen LogP) is 3.48. The van der Waals surface area contributed by atoms with E-state index in [1.54, 1.807) is 0 Å². The summed E-state index contributed by atoms with van der Waals surface area (Å²) in [5.41, 5.74) is -0.509. The van der Waals surface area contributed by atoms with Crippen molar-refractivity contribution in [2.24, 2.45) is 5.41 Å². The third kappa shape index (κ3) is 4.51. The highest BCUT2D eigenvalue weighted by molar-refractivity contribution is 5.88. The molecule has 28 heavy (non-hydrogen) atoms. The van der Waals surface area contributed by atoms with Crippen LogP contribution in [0.3, 0.4) is 0 Å². The van der Waals surface area contributed by atoms with Crippen LogP contribution in [-0.2, 0) is 14.3 Å². The van der Waals surface area contributed by atoms with Crippen molar-refractivity contribution in [3.8, 4) is 11.8 Å². The van der Waals surface area contributed by atoms with Gasteiger partial charge in [-0.1, -0.05) is 39.5 Å². The number of hydrogen-bond acceptors (Lipinski definition) is 4. The molecule has 1 aliphatic carbocycles. The average molecular weight is 390 g/mol. The first kappa shape index (κ1) is 22.7. The summed E-state index contributed by atoms with van der Waals surface area (Å²) in [7, 11) is 0. The van der Waals surface area contributed by atoms with Gasteiger partial charge < -0.3 is 19.9 Å². The predicted molar refractivity (Wildman–Crippen MR) is 110 cm³/mol. The number of rotatable bonds is 4. The van der Waals surface area contributed by atoms with Crippen LogP contribution in [0.25, 0.3) is 0 Å². The Labute approximate surface area is 169 Å². The second-order valence-electron chi connectivity index (χ2n) is 8.62. The molecular weight excluding hydrogens is 354 g/mol. The number of nitrogens with one attached hydrogen (secondary N) is 1. The van der Waals surface area contributed by atoms with Crippen LogP contribution in [0, 0.1) is 17.3 Å². The molecule has 0 saturated carbocycles. The van der Waals surface area contributed by atoms with Gasteiger partial charge >= 0.3 is 0 Å². The summed E-state index contributed by atoms with van der Waals surface area (Å²) in [5.74, 6) is 5.14. The molecule has 0 aromatic rings. The lowest BCUT2D eigenvalue weighted by molar-refractivity contribution is -0.182. The van der Waals surface area contributed by atoms with Crippen LogP contribution >= 0.6 is 0 Å². The van der Waals surface area contributed by atoms with Gasteiger partial charge in [-0.2, -0.15) is 0 Å². The topological polar surface area (TPSA) is 67.8 Å². The molecule has 2 N–H and O–H groups in total. The molecule has 1 fully saturated rings. The molecule has 0 radical (unpaired) electrons.